The van der Waals surface area contributed by atoms with Crippen molar-refractivity contribution in [1.82, 2.24) is 0 Å². The standard InChI is InChI=1S/C37H60O10/c1-7-20-14-37(31(44)45)13-12-32(2,18-38)15-22(37)21-8-9-26-33(3)16-23(40)29(47-30-28(43)27(42)24(41)17-46-30)34(4,19-39)25(33)10-11-35(26,5)36(20,21)6/h8,20,22-30,38-43H,7,9-19H2,1-6H3,(H,44,45)/t20-,22+,23-,24-,25+,26-,27+,28-,29-,30+,32+,33+,34+,35-,36-,37+/m1/s1. The quantitative estimate of drug-likeness (QED) is 0.165. The van der Waals surface area contributed by atoms with Crippen molar-refractivity contribution in [2.75, 3.05) is 19.8 Å². The molecule has 0 aromatic rings. The molecule has 5 aliphatic carbocycles. The SMILES string of the molecule is CC[C@@H]1C[C@@]2(C(=O)O)CC[C@](C)(CO)C[C@H]2C2=CC[C@@H]3[C@@]4(C)C[C@@H](O)[C@@H](O[C@@H]5OC[C@@H](O)[C@H](O)[C@H]5O)[C@@](C)(CO)[C@H]4CC[C@@]3(C)[C@@]21C. The predicted molar refractivity (Wildman–Crippen MR) is 173 cm³/mol. The lowest BCUT2D eigenvalue weighted by molar-refractivity contribution is -0.328. The third-order valence-electron chi connectivity index (χ3n) is 15.8. The van der Waals surface area contributed by atoms with Gasteiger partial charge in [0.1, 0.15) is 18.3 Å². The predicted octanol–water partition coefficient (Wildman–Crippen LogP) is 3.25. The lowest BCUT2D eigenvalue weighted by Crippen LogP contribution is -2.70. The van der Waals surface area contributed by atoms with Gasteiger partial charge in [0, 0.05) is 12.0 Å². The van der Waals surface area contributed by atoms with Gasteiger partial charge in [-0.3, -0.25) is 4.79 Å². The van der Waals surface area contributed by atoms with Gasteiger partial charge < -0.3 is 45.2 Å². The minimum absolute atomic E-state index is 0.0320. The van der Waals surface area contributed by atoms with E-state index in [0.717, 1.165) is 25.7 Å². The zero-order valence-corrected chi connectivity index (χ0v) is 29.2. The average molecular weight is 665 g/mol. The highest BCUT2D eigenvalue weighted by Crippen LogP contribution is 2.77. The fraction of sp³-hybridized carbons (Fsp3) is 0.919. The first-order valence-electron chi connectivity index (χ1n) is 18.1. The van der Waals surface area contributed by atoms with E-state index in [2.05, 4.69) is 40.7 Å². The molecular weight excluding hydrogens is 604 g/mol. The second-order valence-electron chi connectivity index (χ2n) is 17.9. The molecule has 10 heteroatoms. The van der Waals surface area contributed by atoms with Gasteiger partial charge in [-0.2, -0.15) is 0 Å². The second-order valence-corrected chi connectivity index (χ2v) is 17.9. The van der Waals surface area contributed by atoms with Gasteiger partial charge in [-0.05, 0) is 96.7 Å². The smallest absolute Gasteiger partial charge is 0.310 e. The monoisotopic (exact) mass is 664 g/mol. The summed E-state index contributed by atoms with van der Waals surface area (Å²) in [7, 11) is 0. The molecule has 0 bridgehead atoms. The van der Waals surface area contributed by atoms with E-state index in [4.69, 9.17) is 9.47 Å². The molecule has 0 radical (unpaired) electrons. The molecule has 268 valence electrons. The largest absolute Gasteiger partial charge is 0.481 e. The van der Waals surface area contributed by atoms with Crippen LogP contribution in [-0.2, 0) is 14.3 Å². The van der Waals surface area contributed by atoms with Gasteiger partial charge >= 0.3 is 5.97 Å². The molecule has 0 spiro atoms. The number of allylic oxidation sites excluding steroid dienone is 2. The lowest BCUT2D eigenvalue weighted by Gasteiger charge is -2.73. The van der Waals surface area contributed by atoms with Crippen LogP contribution >= 0.6 is 0 Å². The highest BCUT2D eigenvalue weighted by atomic mass is 16.7. The molecule has 6 rings (SSSR count). The molecule has 4 saturated carbocycles. The van der Waals surface area contributed by atoms with E-state index < -0.39 is 53.6 Å². The van der Waals surface area contributed by atoms with Crippen LogP contribution < -0.4 is 0 Å². The minimum atomic E-state index is -1.50. The third kappa shape index (κ3) is 4.75. The maximum absolute atomic E-state index is 13.2. The molecule has 0 aromatic carbocycles. The summed E-state index contributed by atoms with van der Waals surface area (Å²) in [5.74, 6) is -0.573. The summed E-state index contributed by atoms with van der Waals surface area (Å²) in [6.45, 7) is 12.9. The van der Waals surface area contributed by atoms with Crippen LogP contribution in [0.4, 0.5) is 0 Å². The number of aliphatic hydroxyl groups excluding tert-OH is 6. The first-order chi connectivity index (χ1) is 21.9. The van der Waals surface area contributed by atoms with Crippen LogP contribution in [0, 0.1) is 56.2 Å². The summed E-state index contributed by atoms with van der Waals surface area (Å²) in [6, 6.07) is 0. The second kappa shape index (κ2) is 11.7. The van der Waals surface area contributed by atoms with Gasteiger partial charge in [-0.25, -0.2) is 0 Å². The van der Waals surface area contributed by atoms with E-state index in [1.165, 1.54) is 5.57 Å². The summed E-state index contributed by atoms with van der Waals surface area (Å²) >= 11 is 0. The van der Waals surface area contributed by atoms with Crippen LogP contribution in [0.1, 0.15) is 99.3 Å². The van der Waals surface area contributed by atoms with Crippen molar-refractivity contribution in [3.8, 4) is 0 Å². The normalized spacial score (nSPS) is 56.0. The Balaban J connectivity index is 1.39. The molecule has 1 aliphatic heterocycles. The molecule has 0 amide bonds. The van der Waals surface area contributed by atoms with Crippen LogP contribution in [0.5, 0.6) is 0 Å². The number of carboxylic acid groups (broad SMARTS) is 1. The Morgan fingerprint density at radius 2 is 1.62 bits per heavy atom. The van der Waals surface area contributed by atoms with E-state index in [1.807, 2.05) is 6.92 Å². The zero-order chi connectivity index (χ0) is 34.5. The molecule has 0 aromatic heterocycles. The fourth-order valence-corrected chi connectivity index (χ4v) is 12.9. The zero-order valence-electron chi connectivity index (χ0n) is 29.2. The van der Waals surface area contributed by atoms with Crippen LogP contribution in [0.3, 0.4) is 0 Å². The van der Waals surface area contributed by atoms with E-state index in [-0.39, 0.29) is 65.2 Å². The van der Waals surface area contributed by atoms with E-state index in [0.29, 0.717) is 32.1 Å². The Hall–Kier alpha value is -1.11. The van der Waals surface area contributed by atoms with Gasteiger partial charge in [0.2, 0.25) is 0 Å². The fourth-order valence-electron chi connectivity index (χ4n) is 12.9. The van der Waals surface area contributed by atoms with Crippen molar-refractivity contribution >= 4 is 5.97 Å². The third-order valence-corrected chi connectivity index (χ3v) is 15.8. The molecule has 6 aliphatic rings. The number of aliphatic hydroxyl groups is 6. The Morgan fingerprint density at radius 1 is 0.915 bits per heavy atom. The van der Waals surface area contributed by atoms with Crippen molar-refractivity contribution in [2.24, 2.45) is 56.2 Å². The maximum Gasteiger partial charge on any atom is 0.310 e. The number of fused-ring (bicyclic) bond motifs is 7. The summed E-state index contributed by atoms with van der Waals surface area (Å²) < 4.78 is 11.8. The Kier molecular flexibility index (Phi) is 8.91. The molecular formula is C37H60O10. The molecule has 0 unspecified atom stereocenters. The maximum atomic E-state index is 13.2. The molecule has 7 N–H and O–H groups in total. The van der Waals surface area contributed by atoms with Crippen molar-refractivity contribution in [3.05, 3.63) is 11.6 Å². The molecule has 1 saturated heterocycles. The van der Waals surface area contributed by atoms with E-state index >= 15 is 0 Å². The van der Waals surface area contributed by atoms with Gasteiger partial charge in [-0.15, -0.1) is 0 Å². The van der Waals surface area contributed by atoms with Crippen LogP contribution in [0.15, 0.2) is 11.6 Å². The van der Waals surface area contributed by atoms with Gasteiger partial charge in [-0.1, -0.05) is 59.6 Å². The number of carbonyl (C=O) groups is 1. The lowest BCUT2D eigenvalue weighted by atomic mass is 9.31. The highest BCUT2D eigenvalue weighted by molar-refractivity contribution is 5.77. The van der Waals surface area contributed by atoms with Gasteiger partial charge in [0.05, 0.1) is 30.8 Å². The van der Waals surface area contributed by atoms with Crippen LogP contribution in [0.2, 0.25) is 0 Å². The Morgan fingerprint density at radius 3 is 2.23 bits per heavy atom. The van der Waals surface area contributed by atoms with Gasteiger partial charge in [0.15, 0.2) is 6.29 Å². The Bertz CT molecular complexity index is 1260. The van der Waals surface area contributed by atoms with Crippen molar-refractivity contribution in [1.29, 1.82) is 0 Å². The topological polar surface area (TPSA) is 177 Å². The molecule has 5 fully saturated rings. The van der Waals surface area contributed by atoms with Crippen LogP contribution in [0.25, 0.3) is 0 Å². The number of carboxylic acids is 1. The molecule has 10 nitrogen and oxygen atoms in total. The first kappa shape index (κ1) is 35.7. The minimum Gasteiger partial charge on any atom is -0.481 e. The average Bonchev–Trinajstić information content (AvgIpc) is 3.02. The highest BCUT2D eigenvalue weighted by Gasteiger charge is 2.72. The molecule has 16 atom stereocenters. The van der Waals surface area contributed by atoms with Gasteiger partial charge in [0.25, 0.3) is 0 Å². The summed E-state index contributed by atoms with van der Waals surface area (Å²) in [4.78, 5) is 13.2. The van der Waals surface area contributed by atoms with Crippen LogP contribution in [-0.4, -0.2) is 98.3 Å². The number of rotatable bonds is 6. The van der Waals surface area contributed by atoms with Crippen molar-refractivity contribution in [3.63, 3.8) is 0 Å². The molecule has 47 heavy (non-hydrogen) atoms. The summed E-state index contributed by atoms with van der Waals surface area (Å²) in [6.07, 6.45) is 1.34. The summed E-state index contributed by atoms with van der Waals surface area (Å²) in [5, 5.41) is 75.1. The number of hydrogen-bond acceptors (Lipinski definition) is 9. The van der Waals surface area contributed by atoms with E-state index in [9.17, 15) is 40.5 Å². The Labute approximate surface area is 279 Å². The number of ether oxygens (including phenoxy) is 2. The first-order valence-corrected chi connectivity index (χ1v) is 18.1. The number of aliphatic carboxylic acids is 1. The van der Waals surface area contributed by atoms with Crippen molar-refractivity contribution in [2.45, 2.75) is 136 Å². The van der Waals surface area contributed by atoms with Crippen molar-refractivity contribution < 1.29 is 50.0 Å². The van der Waals surface area contributed by atoms with E-state index in [1.54, 1.807) is 0 Å². The summed E-state index contributed by atoms with van der Waals surface area (Å²) in [5.41, 5.74) is -1.63. The number of hydrogen-bond donors (Lipinski definition) is 7. The molecule has 1 heterocycles.